The van der Waals surface area contributed by atoms with Gasteiger partial charge in [-0.15, -0.1) is 0 Å². The lowest BCUT2D eigenvalue weighted by Crippen LogP contribution is -2.26. The van der Waals surface area contributed by atoms with Crippen molar-refractivity contribution in [3.8, 4) is 5.75 Å². The van der Waals surface area contributed by atoms with Gasteiger partial charge < -0.3 is 19.3 Å². The molecule has 2 rings (SSSR count). The van der Waals surface area contributed by atoms with Gasteiger partial charge in [0.05, 0.1) is 5.56 Å². The lowest BCUT2D eigenvalue weighted by atomic mass is 10.2. The quantitative estimate of drug-likeness (QED) is 0.919. The third kappa shape index (κ3) is 3.53. The van der Waals surface area contributed by atoms with E-state index in [0.29, 0.717) is 17.0 Å². The van der Waals surface area contributed by atoms with Crippen LogP contribution in [-0.2, 0) is 11.8 Å². The van der Waals surface area contributed by atoms with Crippen LogP contribution >= 0.6 is 0 Å². The number of carboxylic acids is 1. The molecule has 6 nitrogen and oxygen atoms in total. The molecule has 23 heavy (non-hydrogen) atoms. The van der Waals surface area contributed by atoms with E-state index in [-0.39, 0.29) is 5.91 Å². The van der Waals surface area contributed by atoms with Gasteiger partial charge in [-0.2, -0.15) is 0 Å². The molecule has 2 aromatic rings. The molecule has 0 radical (unpaired) electrons. The van der Waals surface area contributed by atoms with Crippen molar-refractivity contribution in [1.29, 1.82) is 0 Å². The first-order valence-corrected chi connectivity index (χ1v) is 7.17. The maximum atomic E-state index is 12.6. The van der Waals surface area contributed by atoms with E-state index in [1.807, 2.05) is 31.5 Å². The van der Waals surface area contributed by atoms with Crippen molar-refractivity contribution in [1.82, 2.24) is 4.57 Å². The maximum absolute atomic E-state index is 12.6. The van der Waals surface area contributed by atoms with Crippen molar-refractivity contribution in [3.05, 3.63) is 47.3 Å². The normalized spacial score (nSPS) is 10.4. The summed E-state index contributed by atoms with van der Waals surface area (Å²) in [5, 5.41) is 8.59. The number of hydrogen-bond donors (Lipinski definition) is 1. The Kier molecular flexibility index (Phi) is 4.74. The molecule has 0 saturated carbocycles. The minimum absolute atomic E-state index is 0.0922. The molecule has 0 unspecified atom stereocenters. The zero-order chi connectivity index (χ0) is 17.1. The second-order valence-corrected chi connectivity index (χ2v) is 5.38. The number of hydrogen-bond acceptors (Lipinski definition) is 3. The van der Waals surface area contributed by atoms with Crippen molar-refractivity contribution in [3.63, 3.8) is 0 Å². The standard InChI is InChI=1S/C17H20N2O4/c1-11-9-15(12(2)18(11)3)17(22)19(4)13-5-7-14(8-6-13)23-10-16(20)21/h5-9H,10H2,1-4H3,(H,20,21). The summed E-state index contributed by atoms with van der Waals surface area (Å²) in [5.74, 6) is -0.676. The van der Waals surface area contributed by atoms with Crippen LogP contribution in [-0.4, -0.2) is 35.2 Å². The van der Waals surface area contributed by atoms with Crippen molar-refractivity contribution < 1.29 is 19.4 Å². The highest BCUT2D eigenvalue weighted by molar-refractivity contribution is 6.06. The molecule has 0 aliphatic rings. The average molecular weight is 316 g/mol. The van der Waals surface area contributed by atoms with Gasteiger partial charge in [-0.3, -0.25) is 4.79 Å². The van der Waals surface area contributed by atoms with E-state index in [9.17, 15) is 9.59 Å². The Hall–Kier alpha value is -2.76. The molecule has 0 spiro atoms. The zero-order valence-corrected chi connectivity index (χ0v) is 13.7. The Bertz CT molecular complexity index is 732. The zero-order valence-electron chi connectivity index (χ0n) is 13.7. The van der Waals surface area contributed by atoms with Crippen LogP contribution in [0.5, 0.6) is 5.75 Å². The second kappa shape index (κ2) is 6.56. The van der Waals surface area contributed by atoms with Gasteiger partial charge in [0, 0.05) is 31.2 Å². The summed E-state index contributed by atoms with van der Waals surface area (Å²) in [5.41, 5.74) is 3.31. The summed E-state index contributed by atoms with van der Waals surface area (Å²) >= 11 is 0. The van der Waals surface area contributed by atoms with E-state index < -0.39 is 12.6 Å². The number of nitrogens with zero attached hydrogens (tertiary/aromatic N) is 2. The molecule has 0 saturated heterocycles. The van der Waals surface area contributed by atoms with Crippen LogP contribution in [0.1, 0.15) is 21.7 Å². The smallest absolute Gasteiger partial charge is 0.341 e. The molecule has 1 aromatic heterocycles. The summed E-state index contributed by atoms with van der Waals surface area (Å²) in [4.78, 5) is 24.7. The third-order valence-electron chi connectivity index (χ3n) is 3.90. The number of amides is 1. The van der Waals surface area contributed by atoms with E-state index in [1.54, 1.807) is 36.2 Å². The third-order valence-corrected chi connectivity index (χ3v) is 3.90. The van der Waals surface area contributed by atoms with E-state index in [0.717, 1.165) is 11.4 Å². The van der Waals surface area contributed by atoms with Crippen LogP contribution in [0.25, 0.3) is 0 Å². The van der Waals surface area contributed by atoms with Crippen molar-refractivity contribution in [2.75, 3.05) is 18.6 Å². The highest BCUT2D eigenvalue weighted by Gasteiger charge is 2.19. The monoisotopic (exact) mass is 316 g/mol. The molecule has 0 fully saturated rings. The van der Waals surface area contributed by atoms with Gasteiger partial charge >= 0.3 is 5.97 Å². The van der Waals surface area contributed by atoms with Crippen LogP contribution < -0.4 is 9.64 Å². The Labute approximate surface area is 134 Å². The first kappa shape index (κ1) is 16.6. The minimum Gasteiger partial charge on any atom is -0.482 e. The predicted octanol–water partition coefficient (Wildman–Crippen LogP) is 2.38. The number of carbonyl (C=O) groups excluding carboxylic acids is 1. The van der Waals surface area contributed by atoms with Gasteiger partial charge in [0.25, 0.3) is 5.91 Å². The molecular weight excluding hydrogens is 296 g/mol. The van der Waals surface area contributed by atoms with Crippen LogP contribution in [0.15, 0.2) is 30.3 Å². The Balaban J connectivity index is 2.16. The SMILES string of the molecule is Cc1cc(C(=O)N(C)c2ccc(OCC(=O)O)cc2)c(C)n1C. The Morgan fingerprint density at radius 1 is 1.22 bits per heavy atom. The molecule has 122 valence electrons. The molecule has 1 N–H and O–H groups in total. The number of anilines is 1. The first-order chi connectivity index (χ1) is 10.8. The number of ether oxygens (including phenoxy) is 1. The summed E-state index contributed by atoms with van der Waals surface area (Å²) in [6.45, 7) is 3.48. The van der Waals surface area contributed by atoms with Gasteiger partial charge in [-0.05, 0) is 44.2 Å². The van der Waals surface area contributed by atoms with Crippen LogP contribution in [0, 0.1) is 13.8 Å². The highest BCUT2D eigenvalue weighted by atomic mass is 16.5. The fraction of sp³-hybridized carbons (Fsp3) is 0.294. The molecule has 0 aliphatic heterocycles. The molecule has 6 heteroatoms. The maximum Gasteiger partial charge on any atom is 0.341 e. The second-order valence-electron chi connectivity index (χ2n) is 5.38. The van der Waals surface area contributed by atoms with Crippen molar-refractivity contribution in [2.24, 2.45) is 7.05 Å². The van der Waals surface area contributed by atoms with Crippen LogP contribution in [0.3, 0.4) is 0 Å². The van der Waals surface area contributed by atoms with Crippen LogP contribution in [0.4, 0.5) is 5.69 Å². The fourth-order valence-electron chi connectivity index (χ4n) is 2.28. The number of aryl methyl sites for hydroxylation is 1. The molecule has 0 atom stereocenters. The number of benzene rings is 1. The molecule has 1 aromatic carbocycles. The van der Waals surface area contributed by atoms with E-state index >= 15 is 0 Å². The molecular formula is C17H20N2O4. The average Bonchev–Trinajstić information content (AvgIpc) is 2.79. The summed E-state index contributed by atoms with van der Waals surface area (Å²) in [6, 6.07) is 8.61. The summed E-state index contributed by atoms with van der Waals surface area (Å²) in [6.07, 6.45) is 0. The van der Waals surface area contributed by atoms with Gasteiger partial charge in [-0.25, -0.2) is 4.79 Å². The topological polar surface area (TPSA) is 71.8 Å². The fourth-order valence-corrected chi connectivity index (χ4v) is 2.28. The Morgan fingerprint density at radius 3 is 2.30 bits per heavy atom. The molecule has 1 heterocycles. The van der Waals surface area contributed by atoms with Gasteiger partial charge in [0.1, 0.15) is 5.75 Å². The minimum atomic E-state index is -1.03. The number of rotatable bonds is 5. The number of aromatic nitrogens is 1. The van der Waals surface area contributed by atoms with Crippen LogP contribution in [0.2, 0.25) is 0 Å². The summed E-state index contributed by atoms with van der Waals surface area (Å²) in [7, 11) is 3.63. The predicted molar refractivity (Wildman–Crippen MR) is 87.2 cm³/mol. The van der Waals surface area contributed by atoms with E-state index in [1.165, 1.54) is 0 Å². The number of aliphatic carboxylic acids is 1. The number of carboxylic acid groups (broad SMARTS) is 1. The summed E-state index contributed by atoms with van der Waals surface area (Å²) < 4.78 is 7.06. The first-order valence-electron chi connectivity index (χ1n) is 7.17. The highest BCUT2D eigenvalue weighted by Crippen LogP contribution is 2.22. The largest absolute Gasteiger partial charge is 0.482 e. The molecule has 0 bridgehead atoms. The van der Waals surface area contributed by atoms with E-state index in [4.69, 9.17) is 9.84 Å². The molecule has 0 aliphatic carbocycles. The van der Waals surface area contributed by atoms with Gasteiger partial charge in [0.15, 0.2) is 6.61 Å². The van der Waals surface area contributed by atoms with Gasteiger partial charge in [0.2, 0.25) is 0 Å². The van der Waals surface area contributed by atoms with Gasteiger partial charge in [-0.1, -0.05) is 0 Å². The Morgan fingerprint density at radius 2 is 1.83 bits per heavy atom. The molecule has 1 amide bonds. The lowest BCUT2D eigenvalue weighted by molar-refractivity contribution is -0.139. The lowest BCUT2D eigenvalue weighted by Gasteiger charge is -2.18. The van der Waals surface area contributed by atoms with Crippen molar-refractivity contribution in [2.45, 2.75) is 13.8 Å². The van der Waals surface area contributed by atoms with Crippen molar-refractivity contribution >= 4 is 17.6 Å². The number of carbonyl (C=O) groups is 2. The van der Waals surface area contributed by atoms with E-state index in [2.05, 4.69) is 0 Å².